The topological polar surface area (TPSA) is 22.1 Å². The van der Waals surface area contributed by atoms with Crippen molar-refractivity contribution in [3.63, 3.8) is 0 Å². The number of halogens is 1. The molecule has 0 radical (unpaired) electrons. The monoisotopic (exact) mass is 217 g/mol. The Balaban J connectivity index is 2.87. The van der Waals surface area contributed by atoms with Crippen LogP contribution in [0.2, 0.25) is 5.02 Å². The third kappa shape index (κ3) is 2.78. The molecule has 0 bridgehead atoms. The summed E-state index contributed by atoms with van der Waals surface area (Å²) in [4.78, 5) is 4.08. The zero-order valence-electron chi connectivity index (χ0n) is 7.46. The first-order valence-electron chi connectivity index (χ1n) is 4.07. The molecule has 13 heavy (non-hydrogen) atoms. The summed E-state index contributed by atoms with van der Waals surface area (Å²) < 4.78 is 5.10. The standard InChI is InChI=1S/C9H12ClNOS/c1-12-9-7(3-2-6-13)8(10)4-5-11-9/h4-5,13H,2-3,6H2,1H3. The first kappa shape index (κ1) is 10.7. The molecule has 1 aromatic heterocycles. The van der Waals surface area contributed by atoms with Crippen molar-refractivity contribution in [1.29, 1.82) is 0 Å². The number of pyridine rings is 1. The predicted octanol–water partition coefficient (Wildman–Crippen LogP) is 2.61. The summed E-state index contributed by atoms with van der Waals surface area (Å²) in [6, 6.07) is 1.78. The lowest BCUT2D eigenvalue weighted by Gasteiger charge is -2.07. The molecule has 0 fully saturated rings. The van der Waals surface area contributed by atoms with Crippen molar-refractivity contribution < 1.29 is 4.74 Å². The summed E-state index contributed by atoms with van der Waals surface area (Å²) in [6.45, 7) is 0. The Kier molecular flexibility index (Phi) is 4.39. The Morgan fingerprint density at radius 3 is 3.00 bits per heavy atom. The number of nitrogens with zero attached hydrogens (tertiary/aromatic N) is 1. The highest BCUT2D eigenvalue weighted by molar-refractivity contribution is 7.80. The summed E-state index contributed by atoms with van der Waals surface area (Å²) in [5.74, 6) is 1.46. The maximum Gasteiger partial charge on any atom is 0.217 e. The van der Waals surface area contributed by atoms with Gasteiger partial charge in [-0.2, -0.15) is 12.6 Å². The molecular formula is C9H12ClNOS. The summed E-state index contributed by atoms with van der Waals surface area (Å²) in [5, 5.41) is 0.716. The highest BCUT2D eigenvalue weighted by atomic mass is 35.5. The van der Waals surface area contributed by atoms with Crippen LogP contribution < -0.4 is 4.74 Å². The third-order valence-electron chi connectivity index (χ3n) is 1.74. The summed E-state index contributed by atoms with van der Waals surface area (Å²) >= 11 is 10.1. The number of thiol groups is 1. The number of aromatic nitrogens is 1. The van der Waals surface area contributed by atoms with E-state index in [-0.39, 0.29) is 0 Å². The van der Waals surface area contributed by atoms with Crippen LogP contribution in [0.1, 0.15) is 12.0 Å². The van der Waals surface area contributed by atoms with E-state index in [0.29, 0.717) is 10.9 Å². The molecule has 1 aromatic rings. The van der Waals surface area contributed by atoms with E-state index in [9.17, 15) is 0 Å². The van der Waals surface area contributed by atoms with E-state index in [1.165, 1.54) is 0 Å². The molecule has 0 N–H and O–H groups in total. The van der Waals surface area contributed by atoms with Crippen molar-refractivity contribution in [1.82, 2.24) is 4.98 Å². The first-order valence-corrected chi connectivity index (χ1v) is 5.09. The minimum atomic E-state index is 0.620. The molecule has 0 saturated heterocycles. The Bertz CT molecular complexity index is 280. The van der Waals surface area contributed by atoms with E-state index in [1.54, 1.807) is 19.4 Å². The molecule has 72 valence electrons. The normalized spacial score (nSPS) is 10.1. The van der Waals surface area contributed by atoms with Crippen molar-refractivity contribution >= 4 is 24.2 Å². The van der Waals surface area contributed by atoms with Gasteiger partial charge in [-0.3, -0.25) is 0 Å². The zero-order valence-corrected chi connectivity index (χ0v) is 9.11. The molecule has 0 aliphatic heterocycles. The van der Waals surface area contributed by atoms with Crippen molar-refractivity contribution in [3.8, 4) is 5.88 Å². The second kappa shape index (κ2) is 5.35. The minimum absolute atomic E-state index is 0.620. The Hall–Kier alpha value is -0.410. The predicted molar refractivity (Wildman–Crippen MR) is 58.0 cm³/mol. The number of ether oxygens (including phenoxy) is 1. The molecule has 0 saturated carbocycles. The van der Waals surface area contributed by atoms with E-state index >= 15 is 0 Å². The smallest absolute Gasteiger partial charge is 0.217 e. The summed E-state index contributed by atoms with van der Waals surface area (Å²) in [6.07, 6.45) is 3.48. The van der Waals surface area contributed by atoms with Gasteiger partial charge >= 0.3 is 0 Å². The van der Waals surface area contributed by atoms with Gasteiger partial charge in [0.25, 0.3) is 0 Å². The van der Waals surface area contributed by atoms with Crippen LogP contribution in [-0.4, -0.2) is 17.8 Å². The first-order chi connectivity index (χ1) is 6.29. The molecule has 0 amide bonds. The molecule has 0 aliphatic carbocycles. The molecule has 0 unspecified atom stereocenters. The van der Waals surface area contributed by atoms with Crippen LogP contribution in [0.25, 0.3) is 0 Å². The van der Waals surface area contributed by atoms with Crippen molar-refractivity contribution in [2.24, 2.45) is 0 Å². The fourth-order valence-electron chi connectivity index (χ4n) is 1.11. The molecule has 0 atom stereocenters. The van der Waals surface area contributed by atoms with Gasteiger partial charge < -0.3 is 4.74 Å². The fraction of sp³-hybridized carbons (Fsp3) is 0.444. The van der Waals surface area contributed by atoms with Gasteiger partial charge in [0, 0.05) is 11.8 Å². The lowest BCUT2D eigenvalue weighted by atomic mass is 10.1. The van der Waals surface area contributed by atoms with Crippen LogP contribution >= 0.6 is 24.2 Å². The van der Waals surface area contributed by atoms with E-state index in [1.807, 2.05) is 0 Å². The van der Waals surface area contributed by atoms with Crippen LogP contribution in [0.15, 0.2) is 12.3 Å². The third-order valence-corrected chi connectivity index (χ3v) is 2.41. The zero-order chi connectivity index (χ0) is 9.68. The lowest BCUT2D eigenvalue weighted by molar-refractivity contribution is 0.392. The minimum Gasteiger partial charge on any atom is -0.481 e. The lowest BCUT2D eigenvalue weighted by Crippen LogP contribution is -1.96. The molecule has 0 spiro atoms. The molecular weight excluding hydrogens is 206 g/mol. The maximum atomic E-state index is 6.00. The Morgan fingerprint density at radius 1 is 1.62 bits per heavy atom. The van der Waals surface area contributed by atoms with Crippen molar-refractivity contribution in [2.45, 2.75) is 12.8 Å². The van der Waals surface area contributed by atoms with E-state index < -0.39 is 0 Å². The second-order valence-electron chi connectivity index (χ2n) is 2.61. The Morgan fingerprint density at radius 2 is 2.38 bits per heavy atom. The number of hydrogen-bond acceptors (Lipinski definition) is 3. The highest BCUT2D eigenvalue weighted by Gasteiger charge is 2.07. The van der Waals surface area contributed by atoms with Crippen LogP contribution in [0.4, 0.5) is 0 Å². The molecule has 1 heterocycles. The van der Waals surface area contributed by atoms with E-state index in [0.717, 1.165) is 24.2 Å². The number of rotatable bonds is 4. The number of hydrogen-bond donors (Lipinski definition) is 1. The van der Waals surface area contributed by atoms with Gasteiger partial charge in [0.05, 0.1) is 12.1 Å². The van der Waals surface area contributed by atoms with Crippen LogP contribution in [0.3, 0.4) is 0 Å². The van der Waals surface area contributed by atoms with Crippen LogP contribution in [0, 0.1) is 0 Å². The maximum absolute atomic E-state index is 6.00. The largest absolute Gasteiger partial charge is 0.481 e. The molecule has 4 heteroatoms. The molecule has 0 aliphatic rings. The van der Waals surface area contributed by atoms with Crippen molar-refractivity contribution in [2.75, 3.05) is 12.9 Å². The quantitative estimate of drug-likeness (QED) is 0.784. The highest BCUT2D eigenvalue weighted by Crippen LogP contribution is 2.24. The van der Waals surface area contributed by atoms with Gasteiger partial charge in [0.2, 0.25) is 5.88 Å². The average molecular weight is 218 g/mol. The van der Waals surface area contributed by atoms with Gasteiger partial charge in [0.1, 0.15) is 0 Å². The number of methoxy groups -OCH3 is 1. The molecule has 0 aromatic carbocycles. The van der Waals surface area contributed by atoms with Gasteiger partial charge in [-0.1, -0.05) is 11.6 Å². The fourth-order valence-corrected chi connectivity index (χ4v) is 1.50. The van der Waals surface area contributed by atoms with Gasteiger partial charge in [-0.05, 0) is 24.7 Å². The SMILES string of the molecule is COc1nccc(Cl)c1CCCS. The van der Waals surface area contributed by atoms with E-state index in [4.69, 9.17) is 16.3 Å². The van der Waals surface area contributed by atoms with Crippen LogP contribution in [0.5, 0.6) is 5.88 Å². The molecule has 2 nitrogen and oxygen atoms in total. The van der Waals surface area contributed by atoms with E-state index in [2.05, 4.69) is 17.6 Å². The second-order valence-corrected chi connectivity index (χ2v) is 3.46. The summed E-state index contributed by atoms with van der Waals surface area (Å²) in [5.41, 5.74) is 0.973. The van der Waals surface area contributed by atoms with Crippen LogP contribution in [-0.2, 0) is 6.42 Å². The van der Waals surface area contributed by atoms with Gasteiger partial charge in [0.15, 0.2) is 0 Å². The molecule has 1 rings (SSSR count). The van der Waals surface area contributed by atoms with Gasteiger partial charge in [-0.25, -0.2) is 4.98 Å². The van der Waals surface area contributed by atoms with Gasteiger partial charge in [-0.15, -0.1) is 0 Å². The Labute approximate surface area is 88.7 Å². The average Bonchev–Trinajstić information content (AvgIpc) is 2.15. The van der Waals surface area contributed by atoms with Crippen molar-refractivity contribution in [3.05, 3.63) is 22.8 Å². The summed E-state index contributed by atoms with van der Waals surface area (Å²) in [7, 11) is 1.60.